The maximum atomic E-state index is 14.0. The van der Waals surface area contributed by atoms with E-state index >= 15 is 0 Å². The van der Waals surface area contributed by atoms with Crippen LogP contribution in [0.15, 0.2) is 150 Å². The van der Waals surface area contributed by atoms with Crippen molar-refractivity contribution in [3.8, 4) is 0 Å². The number of carbonyl (C=O) groups is 1. The summed E-state index contributed by atoms with van der Waals surface area (Å²) in [5.74, 6) is -0.537. The number of sulfonamides is 1. The molecule has 0 aliphatic carbocycles. The molecule has 9 nitrogen and oxygen atoms in total. The van der Waals surface area contributed by atoms with E-state index in [-0.39, 0.29) is 42.1 Å². The van der Waals surface area contributed by atoms with Crippen LogP contribution in [-0.4, -0.2) is 50.1 Å². The highest BCUT2D eigenvalue weighted by atomic mass is 32.2. The summed E-state index contributed by atoms with van der Waals surface area (Å²) in [6, 6.07) is 44.9. The first-order chi connectivity index (χ1) is 28.0. The molecule has 0 bridgehead atoms. The molecule has 0 aromatic heterocycles. The summed E-state index contributed by atoms with van der Waals surface area (Å²) in [4.78, 5) is 16.4. The van der Waals surface area contributed by atoms with E-state index in [0.717, 1.165) is 22.3 Å². The Hall–Kier alpha value is -5.20. The number of amides is 1. The van der Waals surface area contributed by atoms with Crippen molar-refractivity contribution in [1.29, 1.82) is 0 Å². The molecule has 3 N–H and O–H groups in total. The minimum Gasteiger partial charge on any atom is -0.392 e. The zero-order valence-corrected chi connectivity index (χ0v) is 34.1. The lowest BCUT2D eigenvalue weighted by Gasteiger charge is -2.43. The fourth-order valence-electron chi connectivity index (χ4n) is 7.50. The molecule has 6 aromatic rings. The Morgan fingerprint density at radius 1 is 0.776 bits per heavy atom. The number of aliphatic hydroxyl groups excluding tert-OH is 1. The summed E-state index contributed by atoms with van der Waals surface area (Å²) in [6.45, 7) is 6.80. The van der Waals surface area contributed by atoms with Gasteiger partial charge >= 0.3 is 0 Å². The van der Waals surface area contributed by atoms with Crippen molar-refractivity contribution >= 4 is 32.4 Å². The molecule has 7 rings (SSSR count). The molecule has 1 amide bonds. The largest absolute Gasteiger partial charge is 0.392 e. The number of ether oxygens (including phenoxy) is 2. The third-order valence-electron chi connectivity index (χ3n) is 11.2. The number of aryl methyl sites for hydroxylation is 1. The van der Waals surface area contributed by atoms with Gasteiger partial charge in [-0.1, -0.05) is 128 Å². The van der Waals surface area contributed by atoms with Crippen LogP contribution in [-0.2, 0) is 37.3 Å². The summed E-state index contributed by atoms with van der Waals surface area (Å²) >= 11 is 0. The second kappa shape index (κ2) is 18.2. The van der Waals surface area contributed by atoms with E-state index in [2.05, 4.69) is 78.3 Å². The Labute approximate surface area is 341 Å². The zero-order valence-electron chi connectivity index (χ0n) is 33.3. The first kappa shape index (κ1) is 41.0. The van der Waals surface area contributed by atoms with Crippen LogP contribution < -0.4 is 10.0 Å². The number of hydrogen-bond acceptors (Lipinski definition) is 7. The van der Waals surface area contributed by atoms with Crippen LogP contribution in [0.1, 0.15) is 65.7 Å². The molecule has 0 saturated carbocycles. The molecule has 1 fully saturated rings. The third-order valence-corrected chi connectivity index (χ3v) is 12.7. The SMILES string of the molecule is Cc1ccc(S(=O)(=O)NC(Cc2ccccc2)C(=O)Nc2cccc(C3OC(CN(C)C(C)c4ccc5ccccc5c4)C(C)C(c4ccc(CO)cc4)O3)c2)cc1. The molecule has 6 aromatic carbocycles. The predicted octanol–water partition coefficient (Wildman–Crippen LogP) is 8.65. The van der Waals surface area contributed by atoms with Crippen LogP contribution in [0.5, 0.6) is 0 Å². The number of benzene rings is 6. The zero-order chi connectivity index (χ0) is 40.8. The number of hydrogen-bond donors (Lipinski definition) is 3. The number of nitrogens with one attached hydrogen (secondary N) is 2. The Kier molecular flexibility index (Phi) is 12.8. The van der Waals surface area contributed by atoms with Gasteiger partial charge in [-0.2, -0.15) is 4.72 Å². The van der Waals surface area contributed by atoms with Crippen molar-refractivity contribution in [2.24, 2.45) is 5.92 Å². The Bertz CT molecular complexity index is 2430. The molecule has 6 unspecified atom stereocenters. The third kappa shape index (κ3) is 9.73. The Morgan fingerprint density at radius 3 is 2.21 bits per heavy atom. The van der Waals surface area contributed by atoms with Gasteiger partial charge in [-0.25, -0.2) is 8.42 Å². The lowest BCUT2D eigenvalue weighted by Crippen LogP contribution is -2.45. The minimum absolute atomic E-state index is 0.0364. The van der Waals surface area contributed by atoms with Crippen LogP contribution in [0.3, 0.4) is 0 Å². The predicted molar refractivity (Wildman–Crippen MR) is 228 cm³/mol. The van der Waals surface area contributed by atoms with Gasteiger partial charge in [0.05, 0.1) is 23.7 Å². The summed E-state index contributed by atoms with van der Waals surface area (Å²) in [7, 11) is -1.91. The van der Waals surface area contributed by atoms with Crippen LogP contribution in [0, 0.1) is 12.8 Å². The van der Waals surface area contributed by atoms with Crippen LogP contribution in [0.25, 0.3) is 10.8 Å². The molecule has 1 saturated heterocycles. The molecular weight excluding hydrogens is 747 g/mol. The van der Waals surface area contributed by atoms with Crippen LogP contribution in [0.4, 0.5) is 5.69 Å². The fourth-order valence-corrected chi connectivity index (χ4v) is 8.69. The average Bonchev–Trinajstić information content (AvgIpc) is 3.24. The average molecular weight is 798 g/mol. The standard InChI is InChI=1S/C48H51N3O6S/c1-32-17-25-43(26-18-32)58(54,55)50-44(27-35-11-6-5-7-12-35)47(53)49-42-16-10-15-41(29-42)48-56-45(33(2)46(57-48)38-21-19-36(31-52)20-22-38)30-51(4)34(3)39-24-23-37-13-8-9-14-40(37)28-39/h5-26,28-29,33-34,44-46,48,50,52H,27,30-31H2,1-4H3,(H,49,53). The molecule has 58 heavy (non-hydrogen) atoms. The van der Waals surface area contributed by atoms with Gasteiger partial charge in [0, 0.05) is 29.8 Å². The molecule has 1 heterocycles. The minimum atomic E-state index is -4.02. The van der Waals surface area contributed by atoms with Crippen molar-refractivity contribution in [2.45, 2.75) is 69.3 Å². The number of rotatable bonds is 14. The van der Waals surface area contributed by atoms with Gasteiger partial charge in [0.25, 0.3) is 0 Å². The van der Waals surface area contributed by atoms with Gasteiger partial charge in [0.1, 0.15) is 6.04 Å². The van der Waals surface area contributed by atoms with Crippen molar-refractivity contribution in [1.82, 2.24) is 9.62 Å². The second-order valence-electron chi connectivity index (χ2n) is 15.3. The van der Waals surface area contributed by atoms with Gasteiger partial charge in [0.15, 0.2) is 6.29 Å². The van der Waals surface area contributed by atoms with E-state index in [1.807, 2.05) is 79.7 Å². The highest BCUT2D eigenvalue weighted by Gasteiger charge is 2.39. The summed E-state index contributed by atoms with van der Waals surface area (Å²) in [5, 5.41) is 15.1. The monoisotopic (exact) mass is 797 g/mol. The maximum absolute atomic E-state index is 14.0. The quantitative estimate of drug-likeness (QED) is 0.101. The van der Waals surface area contributed by atoms with Gasteiger partial charge < -0.3 is 19.9 Å². The smallest absolute Gasteiger partial charge is 0.242 e. The number of fused-ring (bicyclic) bond motifs is 1. The lowest BCUT2D eigenvalue weighted by molar-refractivity contribution is -0.276. The normalized spacial score (nSPS) is 19.5. The highest BCUT2D eigenvalue weighted by molar-refractivity contribution is 7.89. The summed E-state index contributed by atoms with van der Waals surface area (Å²) in [6.07, 6.45) is -1.19. The Balaban J connectivity index is 1.13. The molecule has 0 spiro atoms. The summed E-state index contributed by atoms with van der Waals surface area (Å²) in [5.41, 5.74) is 5.92. The number of anilines is 1. The molecular formula is C48H51N3O6S. The molecule has 1 aliphatic heterocycles. The second-order valence-corrected chi connectivity index (χ2v) is 17.0. The number of carbonyl (C=O) groups excluding carboxylic acids is 1. The van der Waals surface area contributed by atoms with Crippen molar-refractivity contribution in [3.05, 3.63) is 179 Å². The van der Waals surface area contributed by atoms with Crippen LogP contribution in [0.2, 0.25) is 0 Å². The van der Waals surface area contributed by atoms with E-state index in [1.54, 1.807) is 18.2 Å². The van der Waals surface area contributed by atoms with Gasteiger partial charge in [-0.05, 0) is 90.7 Å². The van der Waals surface area contributed by atoms with Crippen molar-refractivity contribution in [2.75, 3.05) is 18.9 Å². The topological polar surface area (TPSA) is 117 Å². The number of likely N-dealkylation sites (N-methyl/N-ethyl adjacent to an activating group) is 1. The maximum Gasteiger partial charge on any atom is 0.242 e. The Morgan fingerprint density at radius 2 is 1.48 bits per heavy atom. The first-order valence-electron chi connectivity index (χ1n) is 19.7. The van der Waals surface area contributed by atoms with Gasteiger partial charge in [-0.3, -0.25) is 9.69 Å². The van der Waals surface area contributed by atoms with E-state index in [9.17, 15) is 18.3 Å². The lowest BCUT2D eigenvalue weighted by atomic mass is 9.89. The van der Waals surface area contributed by atoms with Crippen LogP contribution >= 0.6 is 0 Å². The molecule has 300 valence electrons. The highest BCUT2D eigenvalue weighted by Crippen LogP contribution is 2.42. The van der Waals surface area contributed by atoms with E-state index in [4.69, 9.17) is 9.47 Å². The molecule has 1 aliphatic rings. The van der Waals surface area contributed by atoms with Crippen molar-refractivity contribution < 1.29 is 27.8 Å². The van der Waals surface area contributed by atoms with Gasteiger partial charge in [0.2, 0.25) is 15.9 Å². The number of nitrogens with zero attached hydrogens (tertiary/aromatic N) is 1. The van der Waals surface area contributed by atoms with E-state index in [0.29, 0.717) is 17.8 Å². The number of aliphatic hydroxyl groups is 1. The van der Waals surface area contributed by atoms with Gasteiger partial charge in [-0.15, -0.1) is 0 Å². The van der Waals surface area contributed by atoms with Crippen molar-refractivity contribution in [3.63, 3.8) is 0 Å². The first-order valence-corrected chi connectivity index (χ1v) is 21.2. The van der Waals surface area contributed by atoms with E-state index in [1.165, 1.54) is 28.5 Å². The molecule has 6 atom stereocenters. The van der Waals surface area contributed by atoms with E-state index < -0.39 is 28.3 Å². The summed E-state index contributed by atoms with van der Waals surface area (Å²) < 4.78 is 43.2. The molecule has 0 radical (unpaired) electrons. The fraction of sp³-hybridized carbons (Fsp3) is 0.271. The molecule has 10 heteroatoms.